The Balaban J connectivity index is 1.56. The lowest BCUT2D eigenvalue weighted by Gasteiger charge is -2.19. The summed E-state index contributed by atoms with van der Waals surface area (Å²) in [5, 5.41) is 15.3. The highest BCUT2D eigenvalue weighted by atomic mass is 16.3. The molecule has 0 unspecified atom stereocenters. The van der Waals surface area contributed by atoms with Crippen molar-refractivity contribution in [1.29, 1.82) is 0 Å². The molecule has 0 fully saturated rings. The topological polar surface area (TPSA) is 120 Å². The van der Waals surface area contributed by atoms with Crippen molar-refractivity contribution in [2.75, 3.05) is 0 Å². The predicted octanol–water partition coefficient (Wildman–Crippen LogP) is 4.47. The number of pyridine rings is 1. The number of primary amides is 1. The smallest absolute Gasteiger partial charge is 0.234 e. The number of amides is 1. The second-order valence-corrected chi connectivity index (χ2v) is 10.5. The van der Waals surface area contributed by atoms with E-state index in [1.54, 1.807) is 24.5 Å². The number of benzene rings is 2. The number of aryl methyl sites for hydroxylation is 2. The van der Waals surface area contributed by atoms with Gasteiger partial charge in [-0.25, -0.2) is 4.68 Å². The summed E-state index contributed by atoms with van der Waals surface area (Å²) in [4.78, 5) is 15.5. The minimum absolute atomic E-state index is 0.0750. The van der Waals surface area contributed by atoms with Gasteiger partial charge in [0, 0.05) is 23.7 Å². The van der Waals surface area contributed by atoms with E-state index in [-0.39, 0.29) is 11.2 Å². The van der Waals surface area contributed by atoms with Crippen molar-refractivity contribution in [3.63, 3.8) is 0 Å². The summed E-state index contributed by atoms with van der Waals surface area (Å²) in [6, 6.07) is 19.2. The molecule has 4 rings (SSSR count). The third-order valence-electron chi connectivity index (χ3n) is 6.58. The maximum Gasteiger partial charge on any atom is 0.234 e. The van der Waals surface area contributed by atoms with Crippen molar-refractivity contribution in [2.24, 2.45) is 11.5 Å². The van der Waals surface area contributed by atoms with Gasteiger partial charge in [0.2, 0.25) is 5.91 Å². The Morgan fingerprint density at radius 2 is 1.70 bits per heavy atom. The third-order valence-corrected chi connectivity index (χ3v) is 6.58. The van der Waals surface area contributed by atoms with Gasteiger partial charge >= 0.3 is 0 Å². The molecule has 5 N–H and O–H groups in total. The van der Waals surface area contributed by atoms with Crippen molar-refractivity contribution in [2.45, 2.75) is 57.9 Å². The number of aromatic hydroxyl groups is 1. The molecule has 0 saturated carbocycles. The number of carbonyl (C=O) groups excluding carboxylic acids is 1. The van der Waals surface area contributed by atoms with Gasteiger partial charge in [-0.05, 0) is 84.2 Å². The van der Waals surface area contributed by atoms with Crippen LogP contribution >= 0.6 is 0 Å². The standard InChI is InChI=1S/C30H35N5O2/c1-30(2,3)23-8-10-24(11-9-23)35-25(19-27(34-35)21-13-15-33-16-14-21)6-4-5-22-17-20(7-12-28(22)36)18-26(31)29(32)37/h7-17,19,26,36H,4-6,18,31H2,1-3H3,(H2,32,37)/t26-/m0/s1. The Labute approximate surface area is 218 Å². The molecule has 2 heterocycles. The van der Waals surface area contributed by atoms with Crippen LogP contribution in [-0.4, -0.2) is 31.8 Å². The molecule has 0 spiro atoms. The maximum atomic E-state index is 11.3. The van der Waals surface area contributed by atoms with Crippen molar-refractivity contribution in [3.8, 4) is 22.7 Å². The zero-order chi connectivity index (χ0) is 26.6. The van der Waals surface area contributed by atoms with Gasteiger partial charge in [0.05, 0.1) is 17.4 Å². The van der Waals surface area contributed by atoms with Crippen molar-refractivity contribution >= 4 is 5.91 Å². The van der Waals surface area contributed by atoms with Crippen LogP contribution in [0.5, 0.6) is 5.75 Å². The number of nitrogens with zero attached hydrogens (tertiary/aromatic N) is 3. The molecule has 0 saturated heterocycles. The first-order chi connectivity index (χ1) is 17.6. The van der Waals surface area contributed by atoms with Gasteiger partial charge in [0.25, 0.3) is 0 Å². The number of aromatic nitrogens is 3. The Morgan fingerprint density at radius 3 is 2.35 bits per heavy atom. The predicted molar refractivity (Wildman–Crippen MR) is 147 cm³/mol. The third kappa shape index (κ3) is 6.43. The van der Waals surface area contributed by atoms with Crippen molar-refractivity contribution in [3.05, 3.63) is 95.4 Å². The summed E-state index contributed by atoms with van der Waals surface area (Å²) < 4.78 is 2.00. The van der Waals surface area contributed by atoms with Crippen LogP contribution in [0.4, 0.5) is 0 Å². The molecular weight excluding hydrogens is 462 g/mol. The zero-order valence-electron chi connectivity index (χ0n) is 21.7. The molecule has 7 heteroatoms. The summed E-state index contributed by atoms with van der Waals surface area (Å²) in [7, 11) is 0. The lowest BCUT2D eigenvalue weighted by molar-refractivity contribution is -0.119. The first-order valence-electron chi connectivity index (χ1n) is 12.6. The van der Waals surface area contributed by atoms with Gasteiger partial charge < -0.3 is 16.6 Å². The zero-order valence-corrected chi connectivity index (χ0v) is 21.7. The van der Waals surface area contributed by atoms with Gasteiger partial charge in [0.1, 0.15) is 5.75 Å². The molecule has 2 aromatic heterocycles. The average molecular weight is 498 g/mol. The van der Waals surface area contributed by atoms with E-state index in [0.717, 1.165) is 46.6 Å². The highest BCUT2D eigenvalue weighted by Crippen LogP contribution is 2.27. The molecule has 4 aromatic rings. The summed E-state index contributed by atoms with van der Waals surface area (Å²) >= 11 is 0. The number of phenolic OH excluding ortho intramolecular Hbond substituents is 1. The van der Waals surface area contributed by atoms with Gasteiger partial charge in [-0.3, -0.25) is 9.78 Å². The highest BCUT2D eigenvalue weighted by molar-refractivity contribution is 5.79. The summed E-state index contributed by atoms with van der Waals surface area (Å²) in [5.41, 5.74) is 18.2. The fourth-order valence-corrected chi connectivity index (χ4v) is 4.37. The molecule has 37 heavy (non-hydrogen) atoms. The van der Waals surface area contributed by atoms with E-state index in [1.807, 2.05) is 22.9 Å². The van der Waals surface area contributed by atoms with E-state index in [2.05, 4.69) is 56.1 Å². The molecule has 0 bridgehead atoms. The number of rotatable bonds is 9. The molecular formula is C30H35N5O2. The van der Waals surface area contributed by atoms with Gasteiger partial charge in [-0.2, -0.15) is 5.10 Å². The lowest BCUT2D eigenvalue weighted by atomic mass is 9.87. The largest absolute Gasteiger partial charge is 0.508 e. The fourth-order valence-electron chi connectivity index (χ4n) is 4.37. The first-order valence-corrected chi connectivity index (χ1v) is 12.6. The van der Waals surface area contributed by atoms with Crippen LogP contribution in [-0.2, 0) is 29.5 Å². The van der Waals surface area contributed by atoms with E-state index in [9.17, 15) is 9.90 Å². The highest BCUT2D eigenvalue weighted by Gasteiger charge is 2.16. The van der Waals surface area contributed by atoms with E-state index >= 15 is 0 Å². The number of hydrogen-bond donors (Lipinski definition) is 3. The van der Waals surface area contributed by atoms with E-state index < -0.39 is 11.9 Å². The molecule has 192 valence electrons. The molecule has 1 amide bonds. The van der Waals surface area contributed by atoms with Gasteiger partial charge in [-0.1, -0.05) is 45.0 Å². The summed E-state index contributed by atoms with van der Waals surface area (Å²) in [5.74, 6) is -0.302. The maximum absolute atomic E-state index is 11.3. The summed E-state index contributed by atoms with van der Waals surface area (Å²) in [6.45, 7) is 6.61. The van der Waals surface area contributed by atoms with Crippen LogP contribution in [0, 0.1) is 0 Å². The Hall–Kier alpha value is -3.97. The fraction of sp³-hybridized carbons (Fsp3) is 0.300. The number of phenols is 1. The molecule has 0 aliphatic rings. The lowest BCUT2D eigenvalue weighted by Crippen LogP contribution is -2.38. The normalized spacial score (nSPS) is 12.4. The van der Waals surface area contributed by atoms with E-state index in [1.165, 1.54) is 5.56 Å². The molecule has 1 atom stereocenters. The van der Waals surface area contributed by atoms with Crippen molar-refractivity contribution in [1.82, 2.24) is 14.8 Å². The van der Waals surface area contributed by atoms with Gasteiger partial charge in [-0.15, -0.1) is 0 Å². The first kappa shape index (κ1) is 26.1. The number of hydrogen-bond acceptors (Lipinski definition) is 5. The number of nitrogens with two attached hydrogens (primary N) is 2. The second kappa shape index (κ2) is 11.0. The number of carbonyl (C=O) groups is 1. The minimum atomic E-state index is -0.747. The minimum Gasteiger partial charge on any atom is -0.508 e. The van der Waals surface area contributed by atoms with Crippen LogP contribution in [0.15, 0.2) is 73.1 Å². The molecule has 0 aliphatic heterocycles. The van der Waals surface area contributed by atoms with Crippen molar-refractivity contribution < 1.29 is 9.90 Å². The Bertz CT molecular complexity index is 1360. The molecule has 0 radical (unpaired) electrons. The average Bonchev–Trinajstić information content (AvgIpc) is 3.30. The van der Waals surface area contributed by atoms with Crippen LogP contribution in [0.3, 0.4) is 0 Å². The molecule has 0 aliphatic carbocycles. The van der Waals surface area contributed by atoms with Crippen LogP contribution in [0.2, 0.25) is 0 Å². The molecule has 2 aromatic carbocycles. The Kier molecular flexibility index (Phi) is 7.74. The second-order valence-electron chi connectivity index (χ2n) is 10.5. The van der Waals surface area contributed by atoms with Gasteiger partial charge in [0.15, 0.2) is 0 Å². The monoisotopic (exact) mass is 497 g/mol. The quantitative estimate of drug-likeness (QED) is 0.315. The summed E-state index contributed by atoms with van der Waals surface area (Å²) in [6.07, 6.45) is 6.13. The van der Waals surface area contributed by atoms with E-state index in [0.29, 0.717) is 12.8 Å². The van der Waals surface area contributed by atoms with E-state index in [4.69, 9.17) is 16.6 Å². The Morgan fingerprint density at radius 1 is 1.00 bits per heavy atom. The molecule has 7 nitrogen and oxygen atoms in total. The SMILES string of the molecule is CC(C)(C)c1ccc(-n2nc(-c3ccncc3)cc2CCCc2cc(C[C@H](N)C(N)=O)ccc2O)cc1. The van der Waals surface area contributed by atoms with Crippen LogP contribution < -0.4 is 11.5 Å². The van der Waals surface area contributed by atoms with Crippen LogP contribution in [0.1, 0.15) is 49.6 Å². The van der Waals surface area contributed by atoms with Crippen LogP contribution in [0.25, 0.3) is 16.9 Å².